The molecule has 1 aromatic carbocycles. The number of fused-ring (bicyclic) bond motifs is 1. The van der Waals surface area contributed by atoms with Crippen LogP contribution < -0.4 is 0 Å². The summed E-state index contributed by atoms with van der Waals surface area (Å²) in [5.74, 6) is 1.05. The molecule has 0 saturated heterocycles. The quantitative estimate of drug-likeness (QED) is 0.797. The second-order valence-electron chi connectivity index (χ2n) is 5.95. The Balaban J connectivity index is 1.60. The molecule has 0 radical (unpaired) electrons. The van der Waals surface area contributed by atoms with Gasteiger partial charge in [-0.25, -0.2) is 9.37 Å². The van der Waals surface area contributed by atoms with Gasteiger partial charge in [0.05, 0.1) is 6.33 Å². The highest BCUT2D eigenvalue weighted by Gasteiger charge is 2.26. The van der Waals surface area contributed by atoms with E-state index < -0.39 is 12.8 Å². The number of benzene rings is 1. The van der Waals surface area contributed by atoms with Gasteiger partial charge in [-0.05, 0) is 24.8 Å². The van der Waals surface area contributed by atoms with Crippen LogP contribution in [0.3, 0.4) is 0 Å². The molecule has 1 aliphatic heterocycles. The number of halogens is 1. The molecule has 124 valence electrons. The lowest BCUT2D eigenvalue weighted by atomic mass is 10.0. The first-order valence-corrected chi connectivity index (χ1v) is 7.95. The zero-order chi connectivity index (χ0) is 16.5. The van der Waals surface area contributed by atoms with Gasteiger partial charge >= 0.3 is 0 Å². The standard InChI is InChI=1S/C17H17FN4O2/c18-8-15(23)11-4-6-12(7-5-11)16-20-17(24-21-16)14-3-1-2-13-9-19-10-22(13)14/h4-7,9-10,14-15,23H,1-3,8H2. The van der Waals surface area contributed by atoms with Gasteiger partial charge in [-0.15, -0.1) is 0 Å². The third kappa shape index (κ3) is 2.60. The summed E-state index contributed by atoms with van der Waals surface area (Å²) in [6.07, 6.45) is 5.59. The summed E-state index contributed by atoms with van der Waals surface area (Å²) in [7, 11) is 0. The van der Waals surface area contributed by atoms with Crippen LogP contribution >= 0.6 is 0 Å². The first-order chi connectivity index (χ1) is 11.8. The maximum atomic E-state index is 12.5. The molecule has 2 aromatic heterocycles. The number of hydrogen-bond acceptors (Lipinski definition) is 5. The van der Waals surface area contributed by atoms with Crippen LogP contribution in [0.5, 0.6) is 0 Å². The molecule has 0 fully saturated rings. The maximum absolute atomic E-state index is 12.5. The van der Waals surface area contributed by atoms with Crippen molar-refractivity contribution in [2.75, 3.05) is 6.67 Å². The number of nitrogens with zero attached hydrogens (tertiary/aromatic N) is 4. The predicted octanol–water partition coefficient (Wildman–Crippen LogP) is 2.86. The highest BCUT2D eigenvalue weighted by Crippen LogP contribution is 2.30. The van der Waals surface area contributed by atoms with Crippen molar-refractivity contribution in [2.24, 2.45) is 0 Å². The first-order valence-electron chi connectivity index (χ1n) is 7.95. The number of aryl methyl sites for hydroxylation is 1. The Kier molecular flexibility index (Phi) is 3.86. The number of alkyl halides is 1. The zero-order valence-electron chi connectivity index (χ0n) is 13.0. The second kappa shape index (κ2) is 6.16. The molecular weight excluding hydrogens is 311 g/mol. The molecule has 1 aliphatic rings. The summed E-state index contributed by atoms with van der Waals surface area (Å²) >= 11 is 0. The molecule has 0 aliphatic carbocycles. The van der Waals surface area contributed by atoms with Crippen LogP contribution in [0.2, 0.25) is 0 Å². The fourth-order valence-corrected chi connectivity index (χ4v) is 3.10. The minimum absolute atomic E-state index is 0.0186. The Labute approximate surface area is 138 Å². The first kappa shape index (κ1) is 15.0. The number of imidazole rings is 1. The van der Waals surface area contributed by atoms with Gasteiger partial charge in [0.25, 0.3) is 0 Å². The largest absolute Gasteiger partial charge is 0.386 e. The average Bonchev–Trinajstić information content (AvgIpc) is 3.30. The van der Waals surface area contributed by atoms with E-state index in [1.54, 1.807) is 30.6 Å². The Morgan fingerprint density at radius 3 is 2.96 bits per heavy atom. The maximum Gasteiger partial charge on any atom is 0.250 e. The number of aromatic nitrogens is 4. The summed E-state index contributed by atoms with van der Waals surface area (Å²) < 4.78 is 20.1. The van der Waals surface area contributed by atoms with E-state index in [0.29, 0.717) is 17.3 Å². The third-order valence-corrected chi connectivity index (χ3v) is 4.42. The molecule has 0 spiro atoms. The van der Waals surface area contributed by atoms with Crippen molar-refractivity contribution in [1.29, 1.82) is 0 Å². The molecule has 7 heteroatoms. The van der Waals surface area contributed by atoms with E-state index in [0.717, 1.165) is 24.8 Å². The molecule has 1 N–H and O–H groups in total. The monoisotopic (exact) mass is 328 g/mol. The van der Waals surface area contributed by atoms with Crippen molar-refractivity contribution in [3.8, 4) is 11.4 Å². The number of aliphatic hydroxyl groups is 1. The molecule has 24 heavy (non-hydrogen) atoms. The van der Waals surface area contributed by atoms with Gasteiger partial charge in [-0.2, -0.15) is 4.98 Å². The molecule has 0 bridgehead atoms. The highest BCUT2D eigenvalue weighted by atomic mass is 19.1. The molecule has 0 amide bonds. The average molecular weight is 328 g/mol. The van der Waals surface area contributed by atoms with E-state index in [4.69, 9.17) is 4.52 Å². The summed E-state index contributed by atoms with van der Waals surface area (Å²) in [6, 6.07) is 6.87. The van der Waals surface area contributed by atoms with Gasteiger partial charge in [0.2, 0.25) is 11.7 Å². The summed E-state index contributed by atoms with van der Waals surface area (Å²) in [6.45, 7) is -0.805. The fraction of sp³-hybridized carbons (Fsp3) is 0.353. The SMILES string of the molecule is OC(CF)c1ccc(-c2noc(C3CCCc4cncn43)n2)cc1. The van der Waals surface area contributed by atoms with Crippen LogP contribution in [0.1, 0.15) is 42.1 Å². The number of aliphatic hydroxyl groups excluding tert-OH is 1. The summed E-state index contributed by atoms with van der Waals surface area (Å²) in [5, 5.41) is 13.6. The molecule has 3 aromatic rings. The van der Waals surface area contributed by atoms with Gasteiger partial charge in [0, 0.05) is 17.5 Å². The minimum atomic E-state index is -1.10. The van der Waals surface area contributed by atoms with Gasteiger partial charge in [-0.1, -0.05) is 29.4 Å². The van der Waals surface area contributed by atoms with Crippen molar-refractivity contribution in [1.82, 2.24) is 19.7 Å². The van der Waals surface area contributed by atoms with Crippen molar-refractivity contribution in [2.45, 2.75) is 31.4 Å². The Hall–Kier alpha value is -2.54. The van der Waals surface area contributed by atoms with E-state index >= 15 is 0 Å². The Bertz CT molecular complexity index is 827. The Morgan fingerprint density at radius 2 is 2.17 bits per heavy atom. The topological polar surface area (TPSA) is 77.0 Å². The van der Waals surface area contributed by atoms with Crippen LogP contribution in [0.25, 0.3) is 11.4 Å². The molecule has 4 rings (SSSR count). The molecule has 2 unspecified atom stereocenters. The minimum Gasteiger partial charge on any atom is -0.386 e. The highest BCUT2D eigenvalue weighted by molar-refractivity contribution is 5.54. The lowest BCUT2D eigenvalue weighted by molar-refractivity contribution is 0.142. The smallest absolute Gasteiger partial charge is 0.250 e. The zero-order valence-corrected chi connectivity index (χ0v) is 13.0. The second-order valence-corrected chi connectivity index (χ2v) is 5.95. The third-order valence-electron chi connectivity index (χ3n) is 4.42. The fourth-order valence-electron chi connectivity index (χ4n) is 3.10. The van der Waals surface area contributed by atoms with E-state index in [1.165, 1.54) is 5.69 Å². The summed E-state index contributed by atoms with van der Waals surface area (Å²) in [5.41, 5.74) is 2.47. The number of rotatable bonds is 4. The van der Waals surface area contributed by atoms with Gasteiger partial charge in [-0.3, -0.25) is 0 Å². The van der Waals surface area contributed by atoms with E-state index in [-0.39, 0.29) is 6.04 Å². The molecule has 0 saturated carbocycles. The number of hydrogen-bond donors (Lipinski definition) is 1. The van der Waals surface area contributed by atoms with Crippen LogP contribution in [-0.4, -0.2) is 31.5 Å². The van der Waals surface area contributed by atoms with Crippen LogP contribution in [0.15, 0.2) is 41.3 Å². The normalized spacial score (nSPS) is 18.3. The molecule has 2 atom stereocenters. The Morgan fingerprint density at radius 1 is 1.33 bits per heavy atom. The van der Waals surface area contributed by atoms with E-state index in [2.05, 4.69) is 19.7 Å². The van der Waals surface area contributed by atoms with Crippen molar-refractivity contribution < 1.29 is 14.0 Å². The van der Waals surface area contributed by atoms with E-state index in [1.807, 2.05) is 6.20 Å². The van der Waals surface area contributed by atoms with Crippen molar-refractivity contribution in [3.05, 3.63) is 53.9 Å². The molecule has 6 nitrogen and oxygen atoms in total. The van der Waals surface area contributed by atoms with Gasteiger partial charge in [0.15, 0.2) is 0 Å². The van der Waals surface area contributed by atoms with Crippen LogP contribution in [0.4, 0.5) is 4.39 Å². The van der Waals surface area contributed by atoms with Crippen LogP contribution in [-0.2, 0) is 6.42 Å². The van der Waals surface area contributed by atoms with Crippen molar-refractivity contribution in [3.63, 3.8) is 0 Å². The van der Waals surface area contributed by atoms with E-state index in [9.17, 15) is 9.50 Å². The lowest BCUT2D eigenvalue weighted by Gasteiger charge is -2.21. The summed E-state index contributed by atoms with van der Waals surface area (Å²) in [4.78, 5) is 8.71. The van der Waals surface area contributed by atoms with Gasteiger partial charge in [0.1, 0.15) is 18.8 Å². The van der Waals surface area contributed by atoms with Crippen molar-refractivity contribution >= 4 is 0 Å². The van der Waals surface area contributed by atoms with Crippen LogP contribution in [0, 0.1) is 0 Å². The predicted molar refractivity (Wildman–Crippen MR) is 84.0 cm³/mol. The molecular formula is C17H17FN4O2. The lowest BCUT2D eigenvalue weighted by Crippen LogP contribution is -2.17. The van der Waals surface area contributed by atoms with Gasteiger partial charge < -0.3 is 14.2 Å². The molecule has 3 heterocycles.